The molecular formula is C21H20N4O2. The molecule has 6 heteroatoms. The summed E-state index contributed by atoms with van der Waals surface area (Å²) in [7, 11) is 1.89. The van der Waals surface area contributed by atoms with Crippen molar-refractivity contribution in [3.05, 3.63) is 59.3 Å². The van der Waals surface area contributed by atoms with Crippen molar-refractivity contribution in [2.45, 2.75) is 20.4 Å². The normalized spacial score (nSPS) is 13.1. The lowest BCUT2D eigenvalue weighted by atomic mass is 9.95. The lowest BCUT2D eigenvalue weighted by molar-refractivity contribution is -0.123. The SMILES string of the molecule is CC(C)=CC(=O)N1Cc2c(-c3ccc4cnn(C)c4c3)ccc(N)c2C1=O. The van der Waals surface area contributed by atoms with Gasteiger partial charge in [-0.2, -0.15) is 5.10 Å². The molecule has 0 spiro atoms. The van der Waals surface area contributed by atoms with E-state index in [9.17, 15) is 9.59 Å². The molecule has 0 saturated carbocycles. The fraction of sp³-hybridized carbons (Fsp3) is 0.190. The summed E-state index contributed by atoms with van der Waals surface area (Å²) >= 11 is 0. The third-order valence-corrected chi connectivity index (χ3v) is 4.86. The van der Waals surface area contributed by atoms with Crippen molar-refractivity contribution < 1.29 is 9.59 Å². The number of amides is 2. The van der Waals surface area contributed by atoms with Crippen LogP contribution >= 0.6 is 0 Å². The molecule has 0 unspecified atom stereocenters. The second-order valence-corrected chi connectivity index (χ2v) is 7.05. The van der Waals surface area contributed by atoms with Crippen molar-refractivity contribution in [3.63, 3.8) is 0 Å². The molecule has 2 aromatic carbocycles. The van der Waals surface area contributed by atoms with Gasteiger partial charge in [-0.1, -0.05) is 23.8 Å². The van der Waals surface area contributed by atoms with E-state index < -0.39 is 0 Å². The smallest absolute Gasteiger partial charge is 0.263 e. The predicted molar refractivity (Wildman–Crippen MR) is 105 cm³/mol. The van der Waals surface area contributed by atoms with Crippen LogP contribution in [0.2, 0.25) is 0 Å². The van der Waals surface area contributed by atoms with Crippen LogP contribution < -0.4 is 5.73 Å². The Labute approximate surface area is 156 Å². The third-order valence-electron chi connectivity index (χ3n) is 4.86. The average molecular weight is 360 g/mol. The Hall–Kier alpha value is -3.41. The van der Waals surface area contributed by atoms with E-state index in [1.807, 2.05) is 56.0 Å². The number of hydrogen-bond acceptors (Lipinski definition) is 4. The van der Waals surface area contributed by atoms with Gasteiger partial charge < -0.3 is 5.73 Å². The maximum atomic E-state index is 12.8. The van der Waals surface area contributed by atoms with Crippen LogP contribution in [0.5, 0.6) is 0 Å². The lowest BCUT2D eigenvalue weighted by Crippen LogP contribution is -2.30. The molecule has 0 atom stereocenters. The Bertz CT molecular complexity index is 1140. The number of rotatable bonds is 2. The summed E-state index contributed by atoms with van der Waals surface area (Å²) in [5.74, 6) is -0.655. The zero-order valence-electron chi connectivity index (χ0n) is 15.5. The Balaban J connectivity index is 1.84. The molecular weight excluding hydrogens is 340 g/mol. The summed E-state index contributed by atoms with van der Waals surface area (Å²) < 4.78 is 1.81. The van der Waals surface area contributed by atoms with Gasteiger partial charge in [0.1, 0.15) is 0 Å². The number of anilines is 1. The van der Waals surface area contributed by atoms with Gasteiger partial charge in [-0.05, 0) is 42.7 Å². The number of nitrogens with zero attached hydrogens (tertiary/aromatic N) is 3. The highest BCUT2D eigenvalue weighted by molar-refractivity contribution is 6.14. The Morgan fingerprint density at radius 3 is 2.74 bits per heavy atom. The molecule has 4 rings (SSSR count). The number of allylic oxidation sites excluding steroid dienone is 1. The van der Waals surface area contributed by atoms with E-state index in [1.54, 1.807) is 6.07 Å². The molecule has 0 bridgehead atoms. The largest absolute Gasteiger partial charge is 0.398 e. The first-order valence-electron chi connectivity index (χ1n) is 8.71. The highest BCUT2D eigenvalue weighted by Gasteiger charge is 2.34. The number of carbonyl (C=O) groups excluding carboxylic acids is 2. The standard InChI is InChI=1S/C21H20N4O2/c1-12(2)8-19(26)25-11-16-15(6-7-17(22)20(16)21(25)27)13-4-5-14-10-23-24(3)18(14)9-13/h4-10H,11,22H2,1-3H3. The molecule has 0 fully saturated rings. The molecule has 1 aliphatic rings. The molecule has 1 aliphatic heterocycles. The number of nitrogens with two attached hydrogens (primary N) is 1. The zero-order chi connectivity index (χ0) is 19.3. The van der Waals surface area contributed by atoms with Crippen molar-refractivity contribution >= 4 is 28.4 Å². The molecule has 2 N–H and O–H groups in total. The van der Waals surface area contributed by atoms with E-state index in [1.165, 1.54) is 11.0 Å². The average Bonchev–Trinajstić information content (AvgIpc) is 3.16. The van der Waals surface area contributed by atoms with Gasteiger partial charge in [0.05, 0.1) is 23.8 Å². The molecule has 136 valence electrons. The molecule has 0 saturated heterocycles. The van der Waals surface area contributed by atoms with Crippen LogP contribution in [0.1, 0.15) is 29.8 Å². The van der Waals surface area contributed by atoms with Crippen LogP contribution in [0.25, 0.3) is 22.0 Å². The van der Waals surface area contributed by atoms with Gasteiger partial charge in [-0.15, -0.1) is 0 Å². The number of aromatic nitrogens is 2. The minimum atomic E-state index is -0.339. The van der Waals surface area contributed by atoms with Crippen LogP contribution in [0.4, 0.5) is 5.69 Å². The number of nitrogen functional groups attached to an aromatic ring is 1. The maximum Gasteiger partial charge on any atom is 0.263 e. The Kier molecular flexibility index (Phi) is 3.84. The Morgan fingerprint density at radius 1 is 1.22 bits per heavy atom. The summed E-state index contributed by atoms with van der Waals surface area (Å²) in [5.41, 5.74) is 11.4. The molecule has 2 heterocycles. The number of benzene rings is 2. The number of carbonyl (C=O) groups is 2. The zero-order valence-corrected chi connectivity index (χ0v) is 15.5. The van der Waals surface area contributed by atoms with Gasteiger partial charge in [-0.25, -0.2) is 0 Å². The van der Waals surface area contributed by atoms with E-state index in [2.05, 4.69) is 5.10 Å². The van der Waals surface area contributed by atoms with Gasteiger partial charge in [-0.3, -0.25) is 19.2 Å². The van der Waals surface area contributed by atoms with Gasteiger partial charge in [0.15, 0.2) is 0 Å². The van der Waals surface area contributed by atoms with Crippen LogP contribution in [0.3, 0.4) is 0 Å². The monoisotopic (exact) mass is 360 g/mol. The summed E-state index contributed by atoms with van der Waals surface area (Å²) in [5, 5.41) is 5.32. The van der Waals surface area contributed by atoms with Crippen LogP contribution in [0.15, 0.2) is 48.2 Å². The van der Waals surface area contributed by atoms with Crippen molar-refractivity contribution in [2.24, 2.45) is 7.05 Å². The molecule has 0 aliphatic carbocycles. The van der Waals surface area contributed by atoms with Gasteiger partial charge in [0, 0.05) is 24.2 Å². The number of imide groups is 1. The van der Waals surface area contributed by atoms with E-state index in [0.29, 0.717) is 11.3 Å². The molecule has 0 radical (unpaired) electrons. The topological polar surface area (TPSA) is 81.2 Å². The maximum absolute atomic E-state index is 12.8. The van der Waals surface area contributed by atoms with Crippen molar-refractivity contribution in [2.75, 3.05) is 5.73 Å². The quantitative estimate of drug-likeness (QED) is 0.562. The number of aryl methyl sites for hydroxylation is 1. The predicted octanol–water partition coefficient (Wildman–Crippen LogP) is 3.27. The second kappa shape index (κ2) is 6.09. The highest BCUT2D eigenvalue weighted by Crippen LogP contribution is 2.37. The first-order chi connectivity index (χ1) is 12.9. The molecule has 1 aromatic heterocycles. The van der Waals surface area contributed by atoms with Gasteiger partial charge >= 0.3 is 0 Å². The van der Waals surface area contributed by atoms with Crippen LogP contribution in [0, 0.1) is 0 Å². The molecule has 6 nitrogen and oxygen atoms in total. The third kappa shape index (κ3) is 2.70. The summed E-state index contributed by atoms with van der Waals surface area (Å²) in [4.78, 5) is 26.5. The first-order valence-corrected chi connectivity index (χ1v) is 8.71. The van der Waals surface area contributed by atoms with Crippen molar-refractivity contribution in [3.8, 4) is 11.1 Å². The van der Waals surface area contributed by atoms with Gasteiger partial charge in [0.2, 0.25) is 0 Å². The summed E-state index contributed by atoms with van der Waals surface area (Å²) in [6, 6.07) is 9.69. The first kappa shape index (κ1) is 17.0. The number of fused-ring (bicyclic) bond motifs is 2. The number of hydrogen-bond donors (Lipinski definition) is 1. The fourth-order valence-electron chi connectivity index (χ4n) is 3.53. The van der Waals surface area contributed by atoms with Gasteiger partial charge in [0.25, 0.3) is 11.8 Å². The van der Waals surface area contributed by atoms with Crippen LogP contribution in [-0.2, 0) is 18.4 Å². The second-order valence-electron chi connectivity index (χ2n) is 7.05. The minimum Gasteiger partial charge on any atom is -0.398 e. The molecule has 27 heavy (non-hydrogen) atoms. The van der Waals surface area contributed by atoms with E-state index in [0.717, 1.165) is 33.2 Å². The van der Waals surface area contributed by atoms with Crippen LogP contribution in [-0.4, -0.2) is 26.5 Å². The van der Waals surface area contributed by atoms with E-state index >= 15 is 0 Å². The van der Waals surface area contributed by atoms with E-state index in [4.69, 9.17) is 5.73 Å². The lowest BCUT2D eigenvalue weighted by Gasteiger charge is -2.11. The highest BCUT2D eigenvalue weighted by atomic mass is 16.2. The molecule has 3 aromatic rings. The van der Waals surface area contributed by atoms with Crippen molar-refractivity contribution in [1.29, 1.82) is 0 Å². The molecule has 2 amide bonds. The van der Waals surface area contributed by atoms with E-state index in [-0.39, 0.29) is 18.4 Å². The Morgan fingerprint density at radius 2 is 2.00 bits per heavy atom. The summed E-state index contributed by atoms with van der Waals surface area (Å²) in [6.45, 7) is 3.88. The minimum absolute atomic E-state index is 0.223. The fourth-order valence-corrected chi connectivity index (χ4v) is 3.53. The van der Waals surface area contributed by atoms with Crippen molar-refractivity contribution in [1.82, 2.24) is 14.7 Å². The summed E-state index contributed by atoms with van der Waals surface area (Å²) in [6.07, 6.45) is 3.29.